The van der Waals surface area contributed by atoms with Gasteiger partial charge >= 0.3 is 0 Å². The van der Waals surface area contributed by atoms with Crippen LogP contribution in [0.4, 0.5) is 5.69 Å². The van der Waals surface area contributed by atoms with Gasteiger partial charge in [-0.1, -0.05) is 17.8 Å². The fourth-order valence-electron chi connectivity index (χ4n) is 2.87. The van der Waals surface area contributed by atoms with Crippen LogP contribution in [0.5, 0.6) is 0 Å². The number of nitrogens with two attached hydrogens (primary N) is 2. The van der Waals surface area contributed by atoms with E-state index in [4.69, 9.17) is 10.3 Å². The molecular formula is C18H21N5O5S3. The number of carbonyl (C=O) groups is 1. The standard InChI is InChI=1S/C18H21N5O5S3/c1-3-23-16-8-7-14(31(20,27)28)10-15(16)22-18(23)29-11(2)17(24)21-12-5-4-6-13(9-12)30(19,25)26/h4-11H,3H2,1-2H3,(H,21,24)(H2,19,25,26)(H2,20,27,28)/t11-/m1/s1. The number of nitrogens with zero attached hydrogens (tertiary/aromatic N) is 2. The Hall–Kier alpha value is -2.45. The van der Waals surface area contributed by atoms with Crippen molar-refractivity contribution < 1.29 is 21.6 Å². The predicted molar refractivity (Wildman–Crippen MR) is 119 cm³/mol. The van der Waals surface area contributed by atoms with Crippen molar-refractivity contribution in [3.63, 3.8) is 0 Å². The van der Waals surface area contributed by atoms with Crippen LogP contribution in [0, 0.1) is 0 Å². The fraction of sp³-hybridized carbons (Fsp3) is 0.222. The Kier molecular flexibility index (Phi) is 6.43. The zero-order valence-corrected chi connectivity index (χ0v) is 19.1. The van der Waals surface area contributed by atoms with Crippen molar-refractivity contribution >= 4 is 54.4 Å². The van der Waals surface area contributed by atoms with Crippen LogP contribution in [0.25, 0.3) is 11.0 Å². The van der Waals surface area contributed by atoms with Gasteiger partial charge in [-0.3, -0.25) is 4.79 Å². The summed E-state index contributed by atoms with van der Waals surface area (Å²) >= 11 is 1.19. The Morgan fingerprint density at radius 1 is 1.10 bits per heavy atom. The number of imidazole rings is 1. The van der Waals surface area contributed by atoms with Gasteiger partial charge in [0.1, 0.15) is 0 Å². The topological polar surface area (TPSA) is 167 Å². The van der Waals surface area contributed by atoms with Gasteiger partial charge in [-0.25, -0.2) is 32.1 Å². The average Bonchev–Trinajstić information content (AvgIpc) is 3.02. The second kappa shape index (κ2) is 8.59. The molecule has 0 unspecified atom stereocenters. The van der Waals surface area contributed by atoms with Crippen LogP contribution in [0.15, 0.2) is 57.4 Å². The van der Waals surface area contributed by atoms with Gasteiger partial charge in [0.25, 0.3) is 0 Å². The molecule has 13 heteroatoms. The second-order valence-electron chi connectivity index (χ2n) is 6.66. The van der Waals surface area contributed by atoms with E-state index in [0.29, 0.717) is 28.4 Å². The molecule has 1 amide bonds. The molecule has 0 aliphatic heterocycles. The maximum atomic E-state index is 12.6. The molecule has 0 fully saturated rings. The van der Waals surface area contributed by atoms with Crippen molar-refractivity contribution in [3.8, 4) is 0 Å². The number of amides is 1. The molecule has 0 aliphatic rings. The average molecular weight is 484 g/mol. The van der Waals surface area contributed by atoms with E-state index in [9.17, 15) is 21.6 Å². The first-order chi connectivity index (χ1) is 14.4. The van der Waals surface area contributed by atoms with Crippen molar-refractivity contribution in [2.75, 3.05) is 5.32 Å². The largest absolute Gasteiger partial charge is 0.325 e. The van der Waals surface area contributed by atoms with E-state index >= 15 is 0 Å². The number of primary sulfonamides is 2. The van der Waals surface area contributed by atoms with Crippen LogP contribution in [0.2, 0.25) is 0 Å². The molecule has 2 aromatic carbocycles. The predicted octanol–water partition coefficient (Wildman–Crippen LogP) is 1.47. The van der Waals surface area contributed by atoms with Gasteiger partial charge in [0.05, 0.1) is 26.1 Å². The summed E-state index contributed by atoms with van der Waals surface area (Å²) in [7, 11) is -7.75. The first-order valence-electron chi connectivity index (χ1n) is 9.03. The number of hydrogen-bond acceptors (Lipinski definition) is 7. The summed E-state index contributed by atoms with van der Waals surface area (Å²) in [5.41, 5.74) is 1.46. The Labute approximate surface area is 184 Å². The number of benzene rings is 2. The van der Waals surface area contributed by atoms with E-state index in [-0.39, 0.29) is 15.7 Å². The summed E-state index contributed by atoms with van der Waals surface area (Å²) in [5, 5.41) is 12.9. The second-order valence-corrected chi connectivity index (χ2v) is 11.1. The highest BCUT2D eigenvalue weighted by molar-refractivity contribution is 8.00. The Bertz CT molecular complexity index is 1370. The van der Waals surface area contributed by atoms with E-state index in [2.05, 4.69) is 10.3 Å². The first kappa shape index (κ1) is 23.2. The molecule has 166 valence electrons. The molecule has 5 N–H and O–H groups in total. The van der Waals surface area contributed by atoms with Gasteiger partial charge in [-0.05, 0) is 50.2 Å². The number of sulfonamides is 2. The van der Waals surface area contributed by atoms with Crippen molar-refractivity contribution in [2.45, 2.75) is 40.6 Å². The number of nitrogens with one attached hydrogen (secondary N) is 1. The SMILES string of the molecule is CCn1c(S[C@H](C)C(=O)Nc2cccc(S(N)(=O)=O)c2)nc2cc(S(N)(=O)=O)ccc21. The third-order valence-electron chi connectivity index (χ3n) is 4.41. The van der Waals surface area contributed by atoms with E-state index in [0.717, 1.165) is 0 Å². The van der Waals surface area contributed by atoms with Gasteiger partial charge in [0.15, 0.2) is 5.16 Å². The molecular weight excluding hydrogens is 462 g/mol. The molecule has 10 nitrogen and oxygen atoms in total. The highest BCUT2D eigenvalue weighted by Gasteiger charge is 2.21. The van der Waals surface area contributed by atoms with Gasteiger partial charge in [0, 0.05) is 12.2 Å². The minimum absolute atomic E-state index is 0.0437. The molecule has 0 saturated heterocycles. The number of fused-ring (bicyclic) bond motifs is 1. The summed E-state index contributed by atoms with van der Waals surface area (Å²) in [4.78, 5) is 16.9. The summed E-state index contributed by atoms with van der Waals surface area (Å²) < 4.78 is 48.1. The lowest BCUT2D eigenvalue weighted by Gasteiger charge is -2.13. The van der Waals surface area contributed by atoms with Crippen LogP contribution in [0.3, 0.4) is 0 Å². The first-order valence-corrected chi connectivity index (χ1v) is 13.0. The summed E-state index contributed by atoms with van der Waals surface area (Å²) in [6, 6.07) is 10.1. The van der Waals surface area contributed by atoms with Crippen molar-refractivity contribution in [1.82, 2.24) is 9.55 Å². The summed E-state index contributed by atoms with van der Waals surface area (Å²) in [5.74, 6) is -0.364. The number of thioether (sulfide) groups is 1. The lowest BCUT2D eigenvalue weighted by atomic mass is 10.3. The number of aromatic nitrogens is 2. The molecule has 0 bridgehead atoms. The van der Waals surface area contributed by atoms with E-state index in [1.54, 1.807) is 19.1 Å². The zero-order valence-electron chi connectivity index (χ0n) is 16.6. The molecule has 1 aromatic heterocycles. The minimum atomic E-state index is -3.89. The normalized spacial score (nSPS) is 13.3. The number of anilines is 1. The van der Waals surface area contributed by atoms with Crippen LogP contribution in [0.1, 0.15) is 13.8 Å². The number of rotatable bonds is 7. The fourth-order valence-corrected chi connectivity index (χ4v) is 4.95. The monoisotopic (exact) mass is 483 g/mol. The maximum Gasteiger partial charge on any atom is 0.238 e. The van der Waals surface area contributed by atoms with Crippen molar-refractivity contribution in [3.05, 3.63) is 42.5 Å². The maximum absolute atomic E-state index is 12.6. The molecule has 0 aliphatic carbocycles. The number of aryl methyl sites for hydroxylation is 1. The molecule has 3 aromatic rings. The minimum Gasteiger partial charge on any atom is -0.325 e. The highest BCUT2D eigenvalue weighted by Crippen LogP contribution is 2.29. The molecule has 0 saturated carbocycles. The van der Waals surface area contributed by atoms with Gasteiger partial charge < -0.3 is 9.88 Å². The van der Waals surface area contributed by atoms with Crippen LogP contribution in [-0.2, 0) is 31.4 Å². The zero-order chi connectivity index (χ0) is 23.0. The summed E-state index contributed by atoms with van der Waals surface area (Å²) in [6.07, 6.45) is 0. The molecule has 31 heavy (non-hydrogen) atoms. The Morgan fingerprint density at radius 3 is 2.35 bits per heavy atom. The number of carbonyl (C=O) groups excluding carboxylic acids is 1. The molecule has 1 atom stereocenters. The quantitative estimate of drug-likeness (QED) is 0.428. The molecule has 0 radical (unpaired) electrons. The Morgan fingerprint density at radius 2 is 1.74 bits per heavy atom. The van der Waals surface area contributed by atoms with Gasteiger partial charge in [-0.2, -0.15) is 0 Å². The number of hydrogen-bond donors (Lipinski definition) is 3. The van der Waals surface area contributed by atoms with Crippen LogP contribution in [-0.4, -0.2) is 37.5 Å². The van der Waals surface area contributed by atoms with E-state index in [1.807, 2.05) is 11.5 Å². The summed E-state index contributed by atoms with van der Waals surface area (Å²) in [6.45, 7) is 4.14. The Balaban J connectivity index is 1.84. The van der Waals surface area contributed by atoms with Crippen molar-refractivity contribution in [1.29, 1.82) is 0 Å². The van der Waals surface area contributed by atoms with Crippen molar-refractivity contribution in [2.24, 2.45) is 10.3 Å². The molecule has 3 rings (SSSR count). The van der Waals surface area contributed by atoms with Crippen LogP contribution >= 0.6 is 11.8 Å². The highest BCUT2D eigenvalue weighted by atomic mass is 32.2. The van der Waals surface area contributed by atoms with Gasteiger partial charge in [-0.15, -0.1) is 0 Å². The van der Waals surface area contributed by atoms with E-state index in [1.165, 1.54) is 42.1 Å². The smallest absolute Gasteiger partial charge is 0.238 e. The lowest BCUT2D eigenvalue weighted by molar-refractivity contribution is -0.115. The van der Waals surface area contributed by atoms with Gasteiger partial charge in [0.2, 0.25) is 26.0 Å². The molecule has 0 spiro atoms. The lowest BCUT2D eigenvalue weighted by Crippen LogP contribution is -2.23. The third-order valence-corrected chi connectivity index (χ3v) is 7.32. The molecule has 1 heterocycles. The van der Waals surface area contributed by atoms with E-state index < -0.39 is 25.3 Å². The third kappa shape index (κ3) is 5.25. The van der Waals surface area contributed by atoms with Crippen LogP contribution < -0.4 is 15.6 Å².